The highest BCUT2D eigenvalue weighted by Crippen LogP contribution is 2.37. The molecular formula is C21H23F3N2O2. The third-order valence-corrected chi connectivity index (χ3v) is 4.93. The Hall–Kier alpha value is -2.54. The van der Waals surface area contributed by atoms with E-state index in [1.54, 1.807) is 6.07 Å². The zero-order valence-electron chi connectivity index (χ0n) is 15.6. The number of hydrogen-bond donors (Lipinski definition) is 1. The summed E-state index contributed by atoms with van der Waals surface area (Å²) in [6, 6.07) is 14.5. The number of likely N-dealkylation sites (tertiary alicyclic amines) is 1. The summed E-state index contributed by atoms with van der Waals surface area (Å²) >= 11 is 0. The number of para-hydroxylation sites is 1. The minimum atomic E-state index is -4.37. The summed E-state index contributed by atoms with van der Waals surface area (Å²) in [7, 11) is 1.83. The van der Waals surface area contributed by atoms with E-state index in [1.807, 2.05) is 42.3 Å². The first-order valence-electron chi connectivity index (χ1n) is 9.17. The third-order valence-electron chi connectivity index (χ3n) is 4.93. The Morgan fingerprint density at radius 2 is 1.93 bits per heavy atom. The molecular weight excluding hydrogens is 369 g/mol. The minimum absolute atomic E-state index is 0.0991. The summed E-state index contributed by atoms with van der Waals surface area (Å²) in [5.74, 6) is 0.376. The molecule has 4 nitrogen and oxygen atoms in total. The summed E-state index contributed by atoms with van der Waals surface area (Å²) in [5.41, 5.74) is -0.0793. The van der Waals surface area contributed by atoms with Crippen LogP contribution in [0.25, 0.3) is 0 Å². The van der Waals surface area contributed by atoms with Gasteiger partial charge in [-0.25, -0.2) is 0 Å². The van der Waals surface area contributed by atoms with E-state index in [0.717, 1.165) is 11.8 Å². The van der Waals surface area contributed by atoms with Crippen LogP contribution in [0.3, 0.4) is 0 Å². The first kappa shape index (κ1) is 20.2. The van der Waals surface area contributed by atoms with Gasteiger partial charge in [-0.1, -0.05) is 30.3 Å². The van der Waals surface area contributed by atoms with Gasteiger partial charge >= 0.3 is 6.18 Å². The first-order valence-corrected chi connectivity index (χ1v) is 9.17. The van der Waals surface area contributed by atoms with Crippen molar-refractivity contribution in [2.45, 2.75) is 18.6 Å². The van der Waals surface area contributed by atoms with E-state index in [0.29, 0.717) is 31.7 Å². The van der Waals surface area contributed by atoms with Gasteiger partial charge in [0.2, 0.25) is 5.91 Å². The minimum Gasteiger partial charge on any atom is -0.492 e. The Labute approximate surface area is 162 Å². The van der Waals surface area contributed by atoms with E-state index in [1.165, 1.54) is 12.1 Å². The molecule has 1 saturated heterocycles. The van der Waals surface area contributed by atoms with Crippen molar-refractivity contribution in [3.63, 3.8) is 0 Å². The maximum Gasteiger partial charge on any atom is 0.416 e. The number of amides is 1. The van der Waals surface area contributed by atoms with Crippen molar-refractivity contribution in [1.82, 2.24) is 10.2 Å². The molecule has 0 radical (unpaired) electrons. The zero-order chi connectivity index (χ0) is 20.1. The number of halogens is 3. The van der Waals surface area contributed by atoms with Crippen molar-refractivity contribution >= 4 is 5.91 Å². The van der Waals surface area contributed by atoms with Crippen LogP contribution in [0, 0.1) is 5.92 Å². The maximum atomic E-state index is 13.0. The van der Waals surface area contributed by atoms with Gasteiger partial charge in [0, 0.05) is 12.6 Å². The van der Waals surface area contributed by atoms with Crippen molar-refractivity contribution in [3.8, 4) is 5.75 Å². The van der Waals surface area contributed by atoms with Crippen molar-refractivity contribution in [1.29, 1.82) is 0 Å². The molecule has 1 aliphatic heterocycles. The molecule has 2 aromatic carbocycles. The van der Waals surface area contributed by atoms with Crippen LogP contribution in [0.4, 0.5) is 13.2 Å². The number of nitrogens with zero attached hydrogens (tertiary/aromatic N) is 1. The van der Waals surface area contributed by atoms with Crippen molar-refractivity contribution in [2.75, 3.05) is 26.7 Å². The van der Waals surface area contributed by atoms with E-state index in [9.17, 15) is 18.0 Å². The summed E-state index contributed by atoms with van der Waals surface area (Å²) < 4.78 is 44.4. The first-order chi connectivity index (χ1) is 13.3. The van der Waals surface area contributed by atoms with Gasteiger partial charge in [-0.2, -0.15) is 13.2 Å². The summed E-state index contributed by atoms with van der Waals surface area (Å²) in [6.07, 6.45) is -3.88. The third kappa shape index (κ3) is 5.04. The van der Waals surface area contributed by atoms with Gasteiger partial charge in [-0.05, 0) is 43.3 Å². The Bertz CT molecular complexity index is 796. The maximum absolute atomic E-state index is 13.0. The number of carbonyl (C=O) groups excluding carboxylic acids is 1. The van der Waals surface area contributed by atoms with Crippen LogP contribution < -0.4 is 10.1 Å². The van der Waals surface area contributed by atoms with Gasteiger partial charge in [0.1, 0.15) is 12.4 Å². The molecule has 7 heteroatoms. The molecule has 2 aromatic rings. The number of carbonyl (C=O) groups is 1. The monoisotopic (exact) mass is 392 g/mol. The van der Waals surface area contributed by atoms with Crippen LogP contribution in [0.5, 0.6) is 5.75 Å². The Kier molecular flexibility index (Phi) is 6.24. The molecule has 0 aromatic heterocycles. The normalized spacial score (nSPS) is 20.1. The van der Waals surface area contributed by atoms with Crippen LogP contribution in [0.1, 0.15) is 23.6 Å². The lowest BCUT2D eigenvalue weighted by atomic mass is 9.97. The molecule has 1 N–H and O–H groups in total. The summed E-state index contributed by atoms with van der Waals surface area (Å²) in [4.78, 5) is 14.4. The highest BCUT2D eigenvalue weighted by atomic mass is 19.4. The van der Waals surface area contributed by atoms with Crippen molar-refractivity contribution in [2.24, 2.45) is 5.92 Å². The quantitative estimate of drug-likeness (QED) is 0.759. The number of alkyl halides is 3. The molecule has 0 spiro atoms. The Morgan fingerprint density at radius 3 is 2.64 bits per heavy atom. The molecule has 0 aliphatic carbocycles. The van der Waals surface area contributed by atoms with Crippen molar-refractivity contribution < 1.29 is 22.7 Å². The molecule has 2 atom stereocenters. The van der Waals surface area contributed by atoms with E-state index in [-0.39, 0.29) is 17.9 Å². The molecule has 0 bridgehead atoms. The number of hydrogen-bond acceptors (Lipinski definition) is 3. The molecule has 150 valence electrons. The lowest BCUT2D eigenvalue weighted by Crippen LogP contribution is -2.34. The van der Waals surface area contributed by atoms with E-state index >= 15 is 0 Å². The number of rotatable bonds is 6. The Balaban J connectivity index is 1.52. The van der Waals surface area contributed by atoms with Crippen LogP contribution in [0.15, 0.2) is 54.6 Å². The molecule has 1 aliphatic rings. The second-order valence-electron chi connectivity index (χ2n) is 6.96. The lowest BCUT2D eigenvalue weighted by Gasteiger charge is -2.20. The molecule has 0 saturated carbocycles. The predicted octanol–water partition coefficient (Wildman–Crippen LogP) is 3.89. The van der Waals surface area contributed by atoms with Gasteiger partial charge in [-0.3, -0.25) is 9.69 Å². The lowest BCUT2D eigenvalue weighted by molar-refractivity contribution is -0.137. The van der Waals surface area contributed by atoms with Gasteiger partial charge in [0.15, 0.2) is 0 Å². The van der Waals surface area contributed by atoms with E-state index < -0.39 is 11.7 Å². The van der Waals surface area contributed by atoms with Gasteiger partial charge in [-0.15, -0.1) is 0 Å². The topological polar surface area (TPSA) is 41.6 Å². The van der Waals surface area contributed by atoms with Crippen LogP contribution in [0.2, 0.25) is 0 Å². The second kappa shape index (κ2) is 8.65. The van der Waals surface area contributed by atoms with E-state index in [2.05, 4.69) is 5.32 Å². The van der Waals surface area contributed by atoms with Gasteiger partial charge in [0.25, 0.3) is 0 Å². The van der Waals surface area contributed by atoms with E-state index in [4.69, 9.17) is 4.74 Å². The number of ether oxygens (including phenoxy) is 1. The largest absolute Gasteiger partial charge is 0.492 e. The highest BCUT2D eigenvalue weighted by Gasteiger charge is 2.36. The molecule has 0 unspecified atom stereocenters. The fourth-order valence-corrected chi connectivity index (χ4v) is 3.51. The van der Waals surface area contributed by atoms with Gasteiger partial charge in [0.05, 0.1) is 18.0 Å². The van der Waals surface area contributed by atoms with Crippen LogP contribution in [-0.4, -0.2) is 37.6 Å². The SMILES string of the molecule is CN1C[C@H](C(=O)NCCOc2ccccc2)C[C@H]1c1cccc(C(F)(F)F)c1. The van der Waals surface area contributed by atoms with Gasteiger partial charge < -0.3 is 10.1 Å². The average molecular weight is 392 g/mol. The zero-order valence-corrected chi connectivity index (χ0v) is 15.6. The van der Waals surface area contributed by atoms with Crippen LogP contribution >= 0.6 is 0 Å². The van der Waals surface area contributed by atoms with Crippen molar-refractivity contribution in [3.05, 3.63) is 65.7 Å². The Morgan fingerprint density at radius 1 is 1.18 bits per heavy atom. The predicted molar refractivity (Wildman–Crippen MR) is 99.9 cm³/mol. The summed E-state index contributed by atoms with van der Waals surface area (Å²) in [5, 5.41) is 2.85. The molecule has 28 heavy (non-hydrogen) atoms. The number of benzene rings is 2. The standard InChI is InChI=1S/C21H23F3N2O2/c1-26-14-16(20(27)25-10-11-28-18-8-3-2-4-9-18)13-19(26)15-6-5-7-17(12-15)21(22,23)24/h2-9,12,16,19H,10-11,13-14H2,1H3,(H,25,27)/t16-,19+/m1/s1. The average Bonchev–Trinajstić information content (AvgIpc) is 3.07. The molecule has 1 amide bonds. The molecule has 1 fully saturated rings. The highest BCUT2D eigenvalue weighted by molar-refractivity contribution is 5.79. The molecule has 1 heterocycles. The molecule has 3 rings (SSSR count). The number of nitrogens with one attached hydrogen (secondary N) is 1. The fraction of sp³-hybridized carbons (Fsp3) is 0.381. The van der Waals surface area contributed by atoms with Crippen LogP contribution in [-0.2, 0) is 11.0 Å². The second-order valence-corrected chi connectivity index (χ2v) is 6.96. The summed E-state index contributed by atoms with van der Waals surface area (Å²) in [6.45, 7) is 1.24. The fourth-order valence-electron chi connectivity index (χ4n) is 3.51. The smallest absolute Gasteiger partial charge is 0.416 e.